The number of hydrogen-bond acceptors (Lipinski definition) is 3. The van der Waals surface area contributed by atoms with Gasteiger partial charge in [0.25, 0.3) is 0 Å². The highest BCUT2D eigenvalue weighted by Gasteiger charge is 2.04. The number of nitrogens with zero attached hydrogens (tertiary/aromatic N) is 4. The highest BCUT2D eigenvalue weighted by atomic mass is 15.3. The largest absolute Gasteiger partial charge is 0.369 e. The van der Waals surface area contributed by atoms with E-state index in [1.54, 1.807) is 10.7 Å². The quantitative estimate of drug-likeness (QED) is 0.803. The van der Waals surface area contributed by atoms with Crippen molar-refractivity contribution >= 4 is 5.69 Å². The van der Waals surface area contributed by atoms with Crippen LogP contribution in [-0.2, 0) is 13.6 Å². The van der Waals surface area contributed by atoms with E-state index in [1.807, 2.05) is 44.6 Å². The Morgan fingerprint density at radius 3 is 2.88 bits per heavy atom. The number of rotatable bonds is 3. The average Bonchev–Trinajstić information content (AvgIpc) is 2.75. The zero-order valence-electron chi connectivity index (χ0n) is 9.96. The second-order valence-corrected chi connectivity index (χ2v) is 4.00. The fraction of sp³-hybridized carbons (Fsp3) is 0.231. The van der Waals surface area contributed by atoms with E-state index in [-0.39, 0.29) is 0 Å². The van der Waals surface area contributed by atoms with E-state index in [0.717, 1.165) is 17.9 Å². The lowest BCUT2D eigenvalue weighted by molar-refractivity contribution is 0.734. The minimum Gasteiger partial charge on any atom is -0.369 e. The van der Waals surface area contributed by atoms with Crippen molar-refractivity contribution in [3.8, 4) is 6.07 Å². The maximum Gasteiger partial charge on any atom is 0.0992 e. The molecule has 0 bridgehead atoms. The van der Waals surface area contributed by atoms with E-state index in [0.29, 0.717) is 5.56 Å². The maximum atomic E-state index is 8.85. The van der Waals surface area contributed by atoms with Gasteiger partial charge in [-0.25, -0.2) is 0 Å². The molecule has 2 aromatic rings. The second kappa shape index (κ2) is 4.71. The van der Waals surface area contributed by atoms with Crippen LogP contribution >= 0.6 is 0 Å². The minimum atomic E-state index is 0.676. The summed E-state index contributed by atoms with van der Waals surface area (Å²) in [5, 5.41) is 13.2. The van der Waals surface area contributed by atoms with E-state index in [4.69, 9.17) is 5.26 Å². The van der Waals surface area contributed by atoms with Crippen LogP contribution in [0.3, 0.4) is 0 Å². The van der Waals surface area contributed by atoms with Gasteiger partial charge >= 0.3 is 0 Å². The Labute approximate surface area is 101 Å². The topological polar surface area (TPSA) is 44.9 Å². The van der Waals surface area contributed by atoms with E-state index < -0.39 is 0 Å². The summed E-state index contributed by atoms with van der Waals surface area (Å²) in [6.07, 6.45) is 1.93. The van der Waals surface area contributed by atoms with E-state index in [2.05, 4.69) is 16.1 Å². The maximum absolute atomic E-state index is 8.85. The number of anilines is 1. The third-order valence-electron chi connectivity index (χ3n) is 2.58. The average molecular weight is 226 g/mol. The van der Waals surface area contributed by atoms with Crippen LogP contribution in [0.1, 0.15) is 11.3 Å². The molecule has 0 amide bonds. The van der Waals surface area contributed by atoms with Crippen LogP contribution in [-0.4, -0.2) is 16.8 Å². The standard InChI is InChI=1S/C13H14N4/c1-16(10-12-6-7-17(2)15-12)13-5-3-4-11(8-13)9-14/h3-8H,10H2,1-2H3. The first-order valence-electron chi connectivity index (χ1n) is 5.39. The van der Waals surface area contributed by atoms with Gasteiger partial charge in [0, 0.05) is 26.0 Å². The lowest BCUT2D eigenvalue weighted by Crippen LogP contribution is -2.16. The zero-order valence-corrected chi connectivity index (χ0v) is 9.96. The van der Waals surface area contributed by atoms with Crippen LogP contribution in [0.15, 0.2) is 36.5 Å². The van der Waals surface area contributed by atoms with E-state index in [1.165, 1.54) is 0 Å². The van der Waals surface area contributed by atoms with Crippen molar-refractivity contribution in [1.29, 1.82) is 5.26 Å². The van der Waals surface area contributed by atoms with Gasteiger partial charge in [-0.3, -0.25) is 4.68 Å². The number of aromatic nitrogens is 2. The lowest BCUT2D eigenvalue weighted by atomic mass is 10.2. The number of benzene rings is 1. The molecule has 17 heavy (non-hydrogen) atoms. The summed E-state index contributed by atoms with van der Waals surface area (Å²) in [7, 11) is 3.89. The summed E-state index contributed by atoms with van der Waals surface area (Å²) in [6.45, 7) is 0.732. The summed E-state index contributed by atoms with van der Waals surface area (Å²) in [6, 6.07) is 11.7. The van der Waals surface area contributed by atoms with Crippen LogP contribution in [0.2, 0.25) is 0 Å². The van der Waals surface area contributed by atoms with Gasteiger partial charge in [-0.05, 0) is 24.3 Å². The Morgan fingerprint density at radius 2 is 2.24 bits per heavy atom. The van der Waals surface area contributed by atoms with Crippen molar-refractivity contribution in [2.75, 3.05) is 11.9 Å². The van der Waals surface area contributed by atoms with Crippen LogP contribution in [0, 0.1) is 11.3 Å². The SMILES string of the molecule is CN(Cc1ccn(C)n1)c1cccc(C#N)c1. The predicted molar refractivity (Wildman–Crippen MR) is 66.5 cm³/mol. The Hall–Kier alpha value is -2.28. The normalized spacial score (nSPS) is 9.94. The molecular formula is C13H14N4. The van der Waals surface area contributed by atoms with Gasteiger partial charge in [0.2, 0.25) is 0 Å². The van der Waals surface area contributed by atoms with Crippen molar-refractivity contribution in [3.63, 3.8) is 0 Å². The molecule has 0 aliphatic rings. The summed E-state index contributed by atoms with van der Waals surface area (Å²) >= 11 is 0. The first-order chi connectivity index (χ1) is 8.19. The van der Waals surface area contributed by atoms with Gasteiger partial charge in [0.15, 0.2) is 0 Å². The zero-order chi connectivity index (χ0) is 12.3. The molecule has 1 aromatic carbocycles. The van der Waals surface area contributed by atoms with Gasteiger partial charge in [0.05, 0.1) is 23.9 Å². The predicted octanol–water partition coefficient (Wildman–Crippen LogP) is 1.93. The molecule has 4 heteroatoms. The summed E-state index contributed by atoms with van der Waals surface area (Å²) in [5.74, 6) is 0. The monoisotopic (exact) mass is 226 g/mol. The van der Waals surface area contributed by atoms with Gasteiger partial charge in [-0.2, -0.15) is 10.4 Å². The molecule has 0 aliphatic heterocycles. The molecule has 4 nitrogen and oxygen atoms in total. The van der Waals surface area contributed by atoms with Crippen LogP contribution in [0.4, 0.5) is 5.69 Å². The highest BCUT2D eigenvalue weighted by Crippen LogP contribution is 2.16. The Bertz CT molecular complexity index is 551. The molecule has 0 radical (unpaired) electrons. The fourth-order valence-corrected chi connectivity index (χ4v) is 1.69. The number of aryl methyl sites for hydroxylation is 1. The van der Waals surface area contributed by atoms with Crippen molar-refractivity contribution in [2.45, 2.75) is 6.54 Å². The number of nitriles is 1. The first-order valence-corrected chi connectivity index (χ1v) is 5.39. The minimum absolute atomic E-state index is 0.676. The summed E-state index contributed by atoms with van der Waals surface area (Å²) in [5.41, 5.74) is 2.71. The molecule has 0 atom stereocenters. The Morgan fingerprint density at radius 1 is 1.41 bits per heavy atom. The molecule has 1 heterocycles. The van der Waals surface area contributed by atoms with Gasteiger partial charge in [0.1, 0.15) is 0 Å². The van der Waals surface area contributed by atoms with Crippen molar-refractivity contribution < 1.29 is 0 Å². The third kappa shape index (κ3) is 2.64. The van der Waals surface area contributed by atoms with Crippen molar-refractivity contribution in [3.05, 3.63) is 47.8 Å². The van der Waals surface area contributed by atoms with Gasteiger partial charge in [-0.15, -0.1) is 0 Å². The van der Waals surface area contributed by atoms with E-state index in [9.17, 15) is 0 Å². The van der Waals surface area contributed by atoms with Gasteiger partial charge < -0.3 is 4.90 Å². The molecular weight excluding hydrogens is 212 g/mol. The summed E-state index contributed by atoms with van der Waals surface area (Å²) < 4.78 is 1.79. The molecule has 2 rings (SSSR count). The second-order valence-electron chi connectivity index (χ2n) is 4.00. The molecule has 0 fully saturated rings. The number of hydrogen-bond donors (Lipinski definition) is 0. The molecule has 1 aromatic heterocycles. The fourth-order valence-electron chi connectivity index (χ4n) is 1.69. The van der Waals surface area contributed by atoms with Crippen LogP contribution in [0.25, 0.3) is 0 Å². The molecule has 0 aliphatic carbocycles. The smallest absolute Gasteiger partial charge is 0.0992 e. The van der Waals surface area contributed by atoms with Crippen LogP contribution in [0.5, 0.6) is 0 Å². The molecule has 0 saturated carbocycles. The lowest BCUT2D eigenvalue weighted by Gasteiger charge is -2.18. The molecule has 0 unspecified atom stereocenters. The Balaban J connectivity index is 2.14. The van der Waals surface area contributed by atoms with E-state index >= 15 is 0 Å². The first kappa shape index (κ1) is 11.2. The summed E-state index contributed by atoms with van der Waals surface area (Å²) in [4.78, 5) is 2.07. The molecule has 0 N–H and O–H groups in total. The molecule has 86 valence electrons. The molecule has 0 saturated heterocycles. The third-order valence-corrected chi connectivity index (χ3v) is 2.58. The highest BCUT2D eigenvalue weighted by molar-refractivity contribution is 5.50. The molecule has 0 spiro atoms. The van der Waals surface area contributed by atoms with Crippen LogP contribution < -0.4 is 4.90 Å². The van der Waals surface area contributed by atoms with Crippen molar-refractivity contribution in [2.24, 2.45) is 7.05 Å². The Kier molecular flexibility index (Phi) is 3.10. The van der Waals surface area contributed by atoms with Gasteiger partial charge in [-0.1, -0.05) is 6.07 Å². The van der Waals surface area contributed by atoms with Crippen molar-refractivity contribution in [1.82, 2.24) is 9.78 Å².